The fourth-order valence-corrected chi connectivity index (χ4v) is 6.17. The molecule has 0 fully saturated rings. The average Bonchev–Trinajstić information content (AvgIpc) is 3.30. The molecule has 1 aromatic heterocycles. The van der Waals surface area contributed by atoms with Crippen LogP contribution in [0.25, 0.3) is 21.8 Å². The molecule has 1 aliphatic rings. The minimum atomic E-state index is -0.0162. The number of anilines is 1. The van der Waals surface area contributed by atoms with E-state index in [9.17, 15) is 4.79 Å². The summed E-state index contributed by atoms with van der Waals surface area (Å²) in [5, 5.41) is 2.52. The Kier molecular flexibility index (Phi) is 6.28. The van der Waals surface area contributed by atoms with E-state index in [1.165, 1.54) is 27.4 Å². The molecule has 2 unspecified atom stereocenters. The van der Waals surface area contributed by atoms with Crippen LogP contribution in [0.3, 0.4) is 0 Å². The molecule has 0 saturated carbocycles. The number of methoxy groups -OCH3 is 2. The van der Waals surface area contributed by atoms with Crippen LogP contribution in [-0.2, 0) is 0 Å². The number of aromatic nitrogens is 1. The number of rotatable bonds is 6. The number of nitrogens with zero attached hydrogens (tertiary/aromatic N) is 2. The van der Waals surface area contributed by atoms with Gasteiger partial charge in [0.25, 0.3) is 5.91 Å². The number of hydrogen-bond acceptors (Lipinski definition) is 3. The van der Waals surface area contributed by atoms with Gasteiger partial charge in [0.1, 0.15) is 0 Å². The molecule has 0 bridgehead atoms. The quantitative estimate of drug-likeness (QED) is 0.239. The third-order valence-electron chi connectivity index (χ3n) is 7.82. The summed E-state index contributed by atoms with van der Waals surface area (Å²) in [7, 11) is 3.20. The van der Waals surface area contributed by atoms with Crippen LogP contribution in [-0.4, -0.2) is 30.7 Å². The molecule has 0 radical (unpaired) electrons. The monoisotopic (exact) mass is 504 g/mol. The van der Waals surface area contributed by atoms with Crippen molar-refractivity contribution in [1.82, 2.24) is 4.57 Å². The highest BCUT2D eigenvalue weighted by Gasteiger charge is 2.37. The van der Waals surface area contributed by atoms with E-state index in [0.29, 0.717) is 17.1 Å². The Morgan fingerprint density at radius 1 is 0.816 bits per heavy atom. The predicted molar refractivity (Wildman–Crippen MR) is 154 cm³/mol. The molecule has 2 atom stereocenters. The summed E-state index contributed by atoms with van der Waals surface area (Å²) in [5.41, 5.74) is 5.18. The summed E-state index contributed by atoms with van der Waals surface area (Å²) in [4.78, 5) is 16.2. The van der Waals surface area contributed by atoms with Gasteiger partial charge in [0.15, 0.2) is 11.5 Å². The maximum atomic E-state index is 14.2. The Hall–Kier alpha value is -4.25. The molecular formula is C33H32N2O3. The first-order valence-corrected chi connectivity index (χ1v) is 13.3. The van der Waals surface area contributed by atoms with Gasteiger partial charge in [0.2, 0.25) is 0 Å². The second kappa shape index (κ2) is 9.90. The molecule has 5 nitrogen and oxygen atoms in total. The molecule has 38 heavy (non-hydrogen) atoms. The minimum absolute atomic E-state index is 0.0162. The lowest BCUT2D eigenvalue weighted by atomic mass is 9.88. The topological polar surface area (TPSA) is 43.7 Å². The second-order valence-corrected chi connectivity index (χ2v) is 9.90. The zero-order valence-electron chi connectivity index (χ0n) is 22.1. The molecule has 0 saturated heterocycles. The number of carbonyl (C=O) groups is 1. The molecule has 5 aromatic rings. The number of carbonyl (C=O) groups excluding carboxylic acids is 1. The number of fused-ring (bicyclic) bond motifs is 4. The van der Waals surface area contributed by atoms with Gasteiger partial charge in [-0.25, -0.2) is 0 Å². The van der Waals surface area contributed by atoms with Gasteiger partial charge in [-0.3, -0.25) is 4.79 Å². The van der Waals surface area contributed by atoms with Gasteiger partial charge < -0.3 is 18.9 Å². The summed E-state index contributed by atoms with van der Waals surface area (Å²) in [6.45, 7) is 2.19. The van der Waals surface area contributed by atoms with Crippen molar-refractivity contribution < 1.29 is 14.3 Å². The van der Waals surface area contributed by atoms with E-state index >= 15 is 0 Å². The van der Waals surface area contributed by atoms with Gasteiger partial charge >= 0.3 is 0 Å². The van der Waals surface area contributed by atoms with E-state index in [-0.39, 0.29) is 18.0 Å². The van der Waals surface area contributed by atoms with Crippen LogP contribution >= 0.6 is 0 Å². The lowest BCUT2D eigenvalue weighted by molar-refractivity contribution is 0.0968. The molecule has 0 aliphatic carbocycles. The van der Waals surface area contributed by atoms with Crippen molar-refractivity contribution >= 4 is 33.4 Å². The van der Waals surface area contributed by atoms with Crippen molar-refractivity contribution in [2.45, 2.75) is 38.3 Å². The van der Waals surface area contributed by atoms with E-state index in [1.807, 2.05) is 17.0 Å². The Bertz CT molecular complexity index is 1580. The van der Waals surface area contributed by atoms with E-state index in [1.54, 1.807) is 26.4 Å². The summed E-state index contributed by atoms with van der Waals surface area (Å²) in [6.07, 6.45) is 2.75. The first kappa shape index (κ1) is 24.1. The molecule has 2 heterocycles. The maximum Gasteiger partial charge on any atom is 0.258 e. The van der Waals surface area contributed by atoms with Crippen molar-refractivity contribution in [3.63, 3.8) is 0 Å². The number of amides is 1. The van der Waals surface area contributed by atoms with Crippen LogP contribution < -0.4 is 14.4 Å². The lowest BCUT2D eigenvalue weighted by Gasteiger charge is -2.42. The number of hydrogen-bond donors (Lipinski definition) is 0. The highest BCUT2D eigenvalue weighted by Crippen LogP contribution is 2.45. The van der Waals surface area contributed by atoms with Crippen molar-refractivity contribution in [1.29, 1.82) is 0 Å². The smallest absolute Gasteiger partial charge is 0.258 e. The Balaban J connectivity index is 1.52. The number of para-hydroxylation sites is 3. The lowest BCUT2D eigenvalue weighted by Crippen LogP contribution is -2.45. The van der Waals surface area contributed by atoms with Crippen molar-refractivity contribution in [3.05, 3.63) is 102 Å². The zero-order chi connectivity index (χ0) is 26.2. The number of benzene rings is 4. The number of ether oxygens (including phenoxy) is 2. The average molecular weight is 505 g/mol. The highest BCUT2D eigenvalue weighted by atomic mass is 16.5. The third-order valence-corrected chi connectivity index (χ3v) is 7.82. The van der Waals surface area contributed by atoms with Crippen LogP contribution in [0.15, 0.2) is 91.0 Å². The molecule has 4 aromatic carbocycles. The summed E-state index contributed by atoms with van der Waals surface area (Å²) >= 11 is 0. The van der Waals surface area contributed by atoms with E-state index < -0.39 is 0 Å². The van der Waals surface area contributed by atoms with Gasteiger partial charge in [-0.1, -0.05) is 67.9 Å². The molecule has 1 aliphatic heterocycles. The maximum absolute atomic E-state index is 14.2. The first-order valence-electron chi connectivity index (χ1n) is 13.3. The van der Waals surface area contributed by atoms with Gasteiger partial charge in [-0.2, -0.15) is 0 Å². The molecule has 192 valence electrons. The summed E-state index contributed by atoms with van der Waals surface area (Å²) in [5.74, 6) is 1.15. The fraction of sp³-hybridized carbons (Fsp3) is 0.242. The van der Waals surface area contributed by atoms with Crippen molar-refractivity contribution in [2.75, 3.05) is 19.1 Å². The van der Waals surface area contributed by atoms with Crippen LogP contribution in [0.1, 0.15) is 48.1 Å². The van der Waals surface area contributed by atoms with Gasteiger partial charge in [-0.15, -0.1) is 0 Å². The van der Waals surface area contributed by atoms with Crippen LogP contribution in [0.5, 0.6) is 11.5 Å². The summed E-state index contributed by atoms with van der Waals surface area (Å²) < 4.78 is 13.4. The van der Waals surface area contributed by atoms with Gasteiger partial charge in [0, 0.05) is 39.1 Å². The van der Waals surface area contributed by atoms with Crippen LogP contribution in [0, 0.1) is 0 Å². The van der Waals surface area contributed by atoms with Gasteiger partial charge in [0.05, 0.1) is 20.3 Å². The second-order valence-electron chi connectivity index (χ2n) is 9.90. The van der Waals surface area contributed by atoms with Crippen molar-refractivity contribution in [3.8, 4) is 11.5 Å². The molecule has 6 rings (SSSR count). The van der Waals surface area contributed by atoms with E-state index in [2.05, 4.69) is 78.2 Å². The van der Waals surface area contributed by atoms with Crippen LogP contribution in [0.2, 0.25) is 0 Å². The molecule has 5 heteroatoms. The molecule has 0 N–H and O–H groups in total. The highest BCUT2D eigenvalue weighted by molar-refractivity contribution is 6.09. The summed E-state index contributed by atoms with van der Waals surface area (Å²) in [6, 6.07) is 31.3. The largest absolute Gasteiger partial charge is 0.493 e. The Labute approximate surface area is 223 Å². The molecule has 1 amide bonds. The zero-order valence-corrected chi connectivity index (χ0v) is 22.1. The molecule has 0 spiro atoms. The standard InChI is InChI=1S/C33H32N2O3/c1-4-11-23-21-30(35-27-15-8-5-12-24(27)25-13-6-9-16-28(25)35)26-14-7-10-17-29(26)34(23)33(36)22-18-19-31(37-2)32(20-22)38-3/h5-10,12-20,23,30H,4,11,21H2,1-3H3. The fourth-order valence-electron chi connectivity index (χ4n) is 6.17. The van der Waals surface area contributed by atoms with E-state index in [0.717, 1.165) is 24.9 Å². The van der Waals surface area contributed by atoms with Gasteiger partial charge in [-0.05, 0) is 54.8 Å². The van der Waals surface area contributed by atoms with Crippen LogP contribution in [0.4, 0.5) is 5.69 Å². The Morgan fingerprint density at radius 3 is 2.11 bits per heavy atom. The predicted octanol–water partition coefficient (Wildman–Crippen LogP) is 7.62. The normalized spacial score (nSPS) is 17.0. The van der Waals surface area contributed by atoms with E-state index in [4.69, 9.17) is 9.47 Å². The third kappa shape index (κ3) is 3.81. The Morgan fingerprint density at radius 2 is 1.45 bits per heavy atom. The minimum Gasteiger partial charge on any atom is -0.493 e. The SMILES string of the molecule is CCCC1CC(n2c3ccccc3c3ccccc32)c2ccccc2N1C(=O)c1ccc(OC)c(OC)c1. The van der Waals surface area contributed by atoms with Crippen molar-refractivity contribution in [2.24, 2.45) is 0 Å². The first-order chi connectivity index (χ1) is 18.7. The molecular weight excluding hydrogens is 472 g/mol.